The number of phenolic OH excluding ortho intramolecular Hbond substituents is 1. The van der Waals surface area contributed by atoms with Gasteiger partial charge in [0.1, 0.15) is 23.1 Å². The van der Waals surface area contributed by atoms with Crippen molar-refractivity contribution in [3.05, 3.63) is 144 Å². The van der Waals surface area contributed by atoms with Crippen LogP contribution >= 0.6 is 0 Å². The summed E-state index contributed by atoms with van der Waals surface area (Å²) in [6.45, 7) is 4.34. The topological polar surface area (TPSA) is 124 Å². The zero-order valence-electron chi connectivity index (χ0n) is 36.8. The molecule has 6 aromatic carbocycles. The number of ether oxygens (including phenoxy) is 5. The summed E-state index contributed by atoms with van der Waals surface area (Å²) in [5, 5.41) is 10.1. The van der Waals surface area contributed by atoms with Gasteiger partial charge in [0.05, 0.1) is 58.3 Å². The predicted octanol–water partition coefficient (Wildman–Crippen LogP) is 11.8. The summed E-state index contributed by atoms with van der Waals surface area (Å²) >= 11 is 0. The van der Waals surface area contributed by atoms with Gasteiger partial charge in [-0.3, -0.25) is 0 Å². The van der Waals surface area contributed by atoms with Gasteiger partial charge in [-0.2, -0.15) is 0 Å². The summed E-state index contributed by atoms with van der Waals surface area (Å²) in [6.07, 6.45) is 3.33. The van der Waals surface area contributed by atoms with Gasteiger partial charge in [-0.25, -0.2) is 9.97 Å². The Morgan fingerprint density at radius 1 is 0.444 bits per heavy atom. The molecule has 3 N–H and O–H groups in total. The van der Waals surface area contributed by atoms with Crippen molar-refractivity contribution < 1.29 is 28.8 Å². The Bertz CT molecular complexity index is 2790. The molecule has 0 aliphatic rings. The van der Waals surface area contributed by atoms with Gasteiger partial charge in [0.25, 0.3) is 0 Å². The minimum atomic E-state index is 0.213. The molecule has 0 aliphatic carbocycles. The lowest BCUT2D eigenvalue weighted by molar-refractivity contribution is 0.355. The van der Waals surface area contributed by atoms with E-state index in [9.17, 15) is 5.11 Å². The second-order valence-electron chi connectivity index (χ2n) is 15.2. The van der Waals surface area contributed by atoms with E-state index in [-0.39, 0.29) is 5.75 Å². The first-order valence-electron chi connectivity index (χ1n) is 21.1. The fraction of sp³-hybridized carbons (Fsp3) is 0.208. The smallest absolute Gasteiger partial charge is 0.161 e. The molecule has 0 fully saturated rings. The lowest BCUT2D eigenvalue weighted by atomic mass is 9.95. The number of rotatable bonds is 16. The number of hydrogen-bond donors (Lipinski definition) is 3. The van der Waals surface area contributed by atoms with E-state index in [1.54, 1.807) is 47.7 Å². The fourth-order valence-electron chi connectivity index (χ4n) is 8.09. The monoisotopic (exact) mass is 840 g/mol. The summed E-state index contributed by atoms with van der Waals surface area (Å²) in [7, 11) is 8.20. The molecule has 0 aliphatic heterocycles. The van der Waals surface area contributed by atoms with Crippen molar-refractivity contribution in [2.24, 2.45) is 0 Å². The van der Waals surface area contributed by atoms with Crippen molar-refractivity contribution in [3.8, 4) is 102 Å². The highest BCUT2D eigenvalue weighted by Crippen LogP contribution is 2.41. The van der Waals surface area contributed by atoms with Crippen LogP contribution in [-0.4, -0.2) is 60.6 Å². The number of H-pyrrole nitrogens is 2. The van der Waals surface area contributed by atoms with Gasteiger partial charge in [-0.15, -0.1) is 0 Å². The average Bonchev–Trinajstić information content (AvgIpc) is 3.99. The van der Waals surface area contributed by atoms with E-state index in [1.165, 1.54) is 22.3 Å². The van der Waals surface area contributed by atoms with Crippen molar-refractivity contribution in [2.75, 3.05) is 35.5 Å². The molecule has 0 bridgehead atoms. The van der Waals surface area contributed by atoms with Crippen molar-refractivity contribution >= 4 is 0 Å². The molecule has 0 spiro atoms. The van der Waals surface area contributed by atoms with Crippen LogP contribution in [0.25, 0.3) is 67.8 Å². The van der Waals surface area contributed by atoms with E-state index in [1.807, 2.05) is 72.8 Å². The van der Waals surface area contributed by atoms with Crippen LogP contribution < -0.4 is 23.7 Å². The van der Waals surface area contributed by atoms with Gasteiger partial charge in [0, 0.05) is 33.4 Å². The molecular formula is C53H52N4O6. The van der Waals surface area contributed by atoms with E-state index >= 15 is 0 Å². The number of nitrogens with zero attached hydrogens (tertiary/aromatic N) is 2. The fourth-order valence-corrected chi connectivity index (χ4v) is 8.09. The van der Waals surface area contributed by atoms with E-state index in [4.69, 9.17) is 33.7 Å². The quantitative estimate of drug-likeness (QED) is 0.0879. The van der Waals surface area contributed by atoms with Gasteiger partial charge >= 0.3 is 0 Å². The van der Waals surface area contributed by atoms with Crippen LogP contribution in [0.5, 0.6) is 34.5 Å². The Kier molecular flexibility index (Phi) is 12.5. The summed E-state index contributed by atoms with van der Waals surface area (Å²) < 4.78 is 28.0. The molecule has 0 saturated heterocycles. The molecule has 0 saturated carbocycles. The van der Waals surface area contributed by atoms with Crippen molar-refractivity contribution in [2.45, 2.75) is 39.5 Å². The maximum atomic E-state index is 10.1. The number of imidazole rings is 2. The third-order valence-electron chi connectivity index (χ3n) is 11.6. The Morgan fingerprint density at radius 3 is 1.38 bits per heavy atom. The molecule has 0 amide bonds. The maximum Gasteiger partial charge on any atom is 0.161 e. The molecule has 63 heavy (non-hydrogen) atoms. The Hall–Kier alpha value is -7.46. The molecule has 8 rings (SSSR count). The Morgan fingerprint density at radius 2 is 0.889 bits per heavy atom. The first-order chi connectivity index (χ1) is 30.8. The highest BCUT2D eigenvalue weighted by atomic mass is 16.5. The van der Waals surface area contributed by atoms with E-state index in [0.717, 1.165) is 99.2 Å². The SMILES string of the molecule is CCc1ccc(CCc2ccc(CC)c(-c3nc(-c4ccc(OC)c(OC)c4)c(-c4ccc(OC)c(OC)c4)[nH]3)c2)cc1-c1nc(-c2ccc(OC)cc2)c(-c2ccc(O)cc2)[nH]1. The number of methoxy groups -OCH3 is 5. The number of hydrogen-bond acceptors (Lipinski definition) is 8. The lowest BCUT2D eigenvalue weighted by Gasteiger charge is -2.11. The molecule has 2 aromatic heterocycles. The second kappa shape index (κ2) is 18.7. The third kappa shape index (κ3) is 8.70. The first kappa shape index (κ1) is 42.2. The number of benzene rings is 6. The molecule has 320 valence electrons. The molecule has 8 aromatic rings. The lowest BCUT2D eigenvalue weighted by Crippen LogP contribution is -1.98. The standard InChI is InChI=1S/C53H52N4O6/c1-8-34-14-12-32(28-42(34)52-54-48(36-16-22-40(58)23-17-36)49(55-52)37-18-24-41(59-3)25-19-37)10-11-33-13-15-35(9-2)43(29-33)53-56-50(38-20-26-44(60-4)46(30-38)62-6)51(57-53)39-21-27-45(61-5)47(31-39)63-7/h12-31,58H,8-11H2,1-7H3,(H,54,55)(H,56,57). The minimum absolute atomic E-state index is 0.213. The first-order valence-corrected chi connectivity index (χ1v) is 21.1. The summed E-state index contributed by atoms with van der Waals surface area (Å²) in [5.41, 5.74) is 13.9. The van der Waals surface area contributed by atoms with E-state index in [0.29, 0.717) is 23.0 Å². The second-order valence-corrected chi connectivity index (χ2v) is 15.2. The van der Waals surface area contributed by atoms with E-state index in [2.05, 4.69) is 60.2 Å². The zero-order valence-corrected chi connectivity index (χ0v) is 36.8. The highest BCUT2D eigenvalue weighted by molar-refractivity contribution is 5.84. The van der Waals surface area contributed by atoms with E-state index < -0.39 is 0 Å². The van der Waals surface area contributed by atoms with Crippen LogP contribution in [-0.2, 0) is 25.7 Å². The molecule has 0 unspecified atom stereocenters. The van der Waals surface area contributed by atoms with Crippen LogP contribution in [0.3, 0.4) is 0 Å². The number of aryl methyl sites for hydroxylation is 4. The van der Waals surface area contributed by atoms with Gasteiger partial charge in [-0.1, -0.05) is 38.1 Å². The van der Waals surface area contributed by atoms with Crippen LogP contribution in [0.1, 0.15) is 36.1 Å². The Balaban J connectivity index is 1.14. The molecule has 10 nitrogen and oxygen atoms in total. The normalized spacial score (nSPS) is 11.1. The summed E-state index contributed by atoms with van der Waals surface area (Å²) in [5.74, 6) is 5.09. The van der Waals surface area contributed by atoms with Gasteiger partial charge in [0.2, 0.25) is 0 Å². The minimum Gasteiger partial charge on any atom is -0.508 e. The molecular weight excluding hydrogens is 789 g/mol. The number of aromatic hydroxyl groups is 1. The van der Waals surface area contributed by atoms with Crippen molar-refractivity contribution in [1.82, 2.24) is 19.9 Å². The molecule has 2 heterocycles. The summed E-state index contributed by atoms with van der Waals surface area (Å²) in [6, 6.07) is 40.3. The highest BCUT2D eigenvalue weighted by Gasteiger charge is 2.22. The average molecular weight is 841 g/mol. The third-order valence-corrected chi connectivity index (χ3v) is 11.6. The number of aromatic nitrogens is 4. The van der Waals surface area contributed by atoms with Crippen molar-refractivity contribution in [1.29, 1.82) is 0 Å². The Labute approximate surface area is 368 Å². The van der Waals surface area contributed by atoms with Gasteiger partial charge in [-0.05, 0) is 145 Å². The van der Waals surface area contributed by atoms with Gasteiger partial charge in [0.15, 0.2) is 23.0 Å². The van der Waals surface area contributed by atoms with Gasteiger partial charge < -0.3 is 38.8 Å². The van der Waals surface area contributed by atoms with Crippen LogP contribution in [0.15, 0.2) is 121 Å². The maximum absolute atomic E-state index is 10.1. The number of phenols is 1. The van der Waals surface area contributed by atoms with Crippen LogP contribution in [0.4, 0.5) is 0 Å². The molecule has 0 atom stereocenters. The zero-order chi connectivity index (χ0) is 44.0. The van der Waals surface area contributed by atoms with Crippen molar-refractivity contribution in [3.63, 3.8) is 0 Å². The largest absolute Gasteiger partial charge is 0.508 e. The summed E-state index contributed by atoms with van der Waals surface area (Å²) in [4.78, 5) is 17.9. The molecule has 0 radical (unpaired) electrons. The van der Waals surface area contributed by atoms with Crippen LogP contribution in [0.2, 0.25) is 0 Å². The molecule has 10 heteroatoms. The predicted molar refractivity (Wildman–Crippen MR) is 250 cm³/mol. The number of nitrogens with one attached hydrogen (secondary N) is 2. The number of aromatic amines is 2. The van der Waals surface area contributed by atoms with Crippen LogP contribution in [0, 0.1) is 0 Å².